The van der Waals surface area contributed by atoms with Gasteiger partial charge in [-0.1, -0.05) is 36.6 Å². The second-order valence-corrected chi connectivity index (χ2v) is 2.65. The highest BCUT2D eigenvalue weighted by molar-refractivity contribution is 5.41. The Morgan fingerprint density at radius 2 is 1.85 bits per heavy atom. The Balaban J connectivity index is 2.71. The highest BCUT2D eigenvalue weighted by Crippen LogP contribution is 1.94. The first-order valence-electron chi connectivity index (χ1n) is 4.01. The Bertz CT molecular complexity index is 402. The minimum absolute atomic E-state index is 0.836. The molecule has 0 saturated carbocycles. The smallest absolute Gasteiger partial charge is 0.0255 e. The maximum Gasteiger partial charge on any atom is 0.0255 e. The Hall–Kier alpha value is -1.92. The maximum absolute atomic E-state index is 3.66. The molecule has 1 aromatic rings. The van der Waals surface area contributed by atoms with E-state index in [1.807, 2.05) is 37.3 Å². The number of benzene rings is 1. The molecule has 0 nitrogen and oxygen atoms in total. The predicted octanol–water partition coefficient (Wildman–Crippen LogP) is 2.62. The van der Waals surface area contributed by atoms with Crippen molar-refractivity contribution in [2.75, 3.05) is 0 Å². The molecule has 0 fully saturated rings. The van der Waals surface area contributed by atoms with Crippen LogP contribution in [0.3, 0.4) is 0 Å². The summed E-state index contributed by atoms with van der Waals surface area (Å²) in [6.07, 6.45) is 0. The van der Waals surface area contributed by atoms with Gasteiger partial charge in [0.25, 0.3) is 0 Å². The highest BCUT2D eigenvalue weighted by atomic mass is 13.8. The number of rotatable bonds is 0. The van der Waals surface area contributed by atoms with Gasteiger partial charge in [0, 0.05) is 5.56 Å². The summed E-state index contributed by atoms with van der Waals surface area (Å²) in [6, 6.07) is 9.78. The number of hydrogen-bond acceptors (Lipinski definition) is 0. The monoisotopic (exact) mass is 166 g/mol. The van der Waals surface area contributed by atoms with Gasteiger partial charge in [0.15, 0.2) is 0 Å². The summed E-state index contributed by atoms with van der Waals surface area (Å²) in [6.45, 7) is 5.52. The van der Waals surface area contributed by atoms with Crippen LogP contribution in [0.5, 0.6) is 0 Å². The normalized spacial score (nSPS) is 7.46. The topological polar surface area (TPSA) is 0 Å². The summed E-state index contributed by atoms with van der Waals surface area (Å²) in [4.78, 5) is 0. The van der Waals surface area contributed by atoms with Crippen molar-refractivity contribution < 1.29 is 0 Å². The lowest BCUT2D eigenvalue weighted by Gasteiger charge is -1.83. The standard InChI is InChI=1S/C13H10/c1-12(2)8-6-7-11-13-9-4-3-5-10-13/h3-5,9-10H,1H2,2H3. The van der Waals surface area contributed by atoms with Crippen molar-refractivity contribution in [3.05, 3.63) is 48.0 Å². The molecular weight excluding hydrogens is 156 g/mol. The van der Waals surface area contributed by atoms with Crippen LogP contribution < -0.4 is 0 Å². The molecule has 0 bridgehead atoms. The SMILES string of the molecule is C=C(C)C#CC#Cc1ccccc1. The van der Waals surface area contributed by atoms with Gasteiger partial charge in [-0.25, -0.2) is 0 Å². The molecule has 0 N–H and O–H groups in total. The van der Waals surface area contributed by atoms with E-state index in [4.69, 9.17) is 0 Å². The van der Waals surface area contributed by atoms with E-state index in [1.165, 1.54) is 0 Å². The summed E-state index contributed by atoms with van der Waals surface area (Å²) < 4.78 is 0. The van der Waals surface area contributed by atoms with E-state index in [9.17, 15) is 0 Å². The van der Waals surface area contributed by atoms with Crippen LogP contribution in [0.15, 0.2) is 42.5 Å². The molecule has 0 atom stereocenters. The van der Waals surface area contributed by atoms with Gasteiger partial charge in [-0.05, 0) is 36.5 Å². The van der Waals surface area contributed by atoms with Crippen LogP contribution >= 0.6 is 0 Å². The zero-order chi connectivity index (χ0) is 9.52. The van der Waals surface area contributed by atoms with Gasteiger partial charge in [0.1, 0.15) is 0 Å². The fraction of sp³-hybridized carbons (Fsp3) is 0.0769. The maximum atomic E-state index is 3.66. The Labute approximate surface area is 79.3 Å². The Kier molecular flexibility index (Phi) is 3.43. The molecule has 0 radical (unpaired) electrons. The van der Waals surface area contributed by atoms with E-state index < -0.39 is 0 Å². The molecule has 13 heavy (non-hydrogen) atoms. The summed E-state index contributed by atoms with van der Waals surface area (Å²) in [7, 11) is 0. The largest absolute Gasteiger partial charge is 0.0877 e. The third kappa shape index (κ3) is 3.85. The van der Waals surface area contributed by atoms with Gasteiger partial charge in [-0.3, -0.25) is 0 Å². The van der Waals surface area contributed by atoms with Crippen molar-refractivity contribution in [1.82, 2.24) is 0 Å². The molecule has 0 spiro atoms. The summed E-state index contributed by atoms with van der Waals surface area (Å²) in [5.41, 5.74) is 1.82. The minimum atomic E-state index is 0.836. The Morgan fingerprint density at radius 3 is 2.46 bits per heavy atom. The van der Waals surface area contributed by atoms with E-state index in [2.05, 4.69) is 30.3 Å². The second kappa shape index (κ2) is 4.86. The zero-order valence-corrected chi connectivity index (χ0v) is 7.59. The van der Waals surface area contributed by atoms with E-state index in [0.29, 0.717) is 0 Å². The summed E-state index contributed by atoms with van der Waals surface area (Å²) >= 11 is 0. The predicted molar refractivity (Wildman–Crippen MR) is 55.9 cm³/mol. The van der Waals surface area contributed by atoms with Crippen LogP contribution in [0, 0.1) is 23.7 Å². The molecule has 0 amide bonds. The van der Waals surface area contributed by atoms with E-state index in [1.54, 1.807) is 0 Å². The van der Waals surface area contributed by atoms with Crippen LogP contribution in [0.1, 0.15) is 12.5 Å². The first kappa shape index (κ1) is 9.17. The molecule has 0 aliphatic heterocycles. The molecule has 0 heterocycles. The Morgan fingerprint density at radius 1 is 1.15 bits per heavy atom. The molecule has 0 unspecified atom stereocenters. The van der Waals surface area contributed by atoms with Crippen molar-refractivity contribution in [2.45, 2.75) is 6.92 Å². The molecule has 0 aromatic heterocycles. The van der Waals surface area contributed by atoms with Crippen LogP contribution in [0.25, 0.3) is 0 Å². The summed E-state index contributed by atoms with van der Waals surface area (Å²) in [5.74, 6) is 11.2. The fourth-order valence-electron chi connectivity index (χ4n) is 0.763. The molecular formula is C13H10. The molecule has 62 valence electrons. The summed E-state index contributed by atoms with van der Waals surface area (Å²) in [5, 5.41) is 0. The first-order valence-corrected chi connectivity index (χ1v) is 4.01. The lowest BCUT2D eigenvalue weighted by molar-refractivity contribution is 1.63. The molecule has 0 aliphatic carbocycles. The van der Waals surface area contributed by atoms with Crippen molar-refractivity contribution in [1.29, 1.82) is 0 Å². The average molecular weight is 166 g/mol. The van der Waals surface area contributed by atoms with E-state index >= 15 is 0 Å². The van der Waals surface area contributed by atoms with Gasteiger partial charge in [-0.15, -0.1) is 0 Å². The lowest BCUT2D eigenvalue weighted by atomic mass is 10.2. The highest BCUT2D eigenvalue weighted by Gasteiger charge is 1.78. The average Bonchev–Trinajstić information content (AvgIpc) is 2.14. The van der Waals surface area contributed by atoms with E-state index in [0.717, 1.165) is 11.1 Å². The van der Waals surface area contributed by atoms with Crippen molar-refractivity contribution in [3.63, 3.8) is 0 Å². The number of hydrogen-bond donors (Lipinski definition) is 0. The zero-order valence-electron chi connectivity index (χ0n) is 7.59. The third-order valence-electron chi connectivity index (χ3n) is 1.32. The quantitative estimate of drug-likeness (QED) is 0.520. The third-order valence-corrected chi connectivity index (χ3v) is 1.32. The van der Waals surface area contributed by atoms with Gasteiger partial charge in [0.05, 0.1) is 0 Å². The molecule has 0 heteroatoms. The molecule has 0 aliphatic rings. The second-order valence-electron chi connectivity index (χ2n) is 2.65. The van der Waals surface area contributed by atoms with Crippen LogP contribution in [0.2, 0.25) is 0 Å². The molecule has 1 rings (SSSR count). The fourth-order valence-corrected chi connectivity index (χ4v) is 0.763. The van der Waals surface area contributed by atoms with Crippen molar-refractivity contribution in [2.24, 2.45) is 0 Å². The molecule has 1 aromatic carbocycles. The number of allylic oxidation sites excluding steroid dienone is 1. The van der Waals surface area contributed by atoms with Gasteiger partial charge in [-0.2, -0.15) is 0 Å². The van der Waals surface area contributed by atoms with E-state index in [-0.39, 0.29) is 0 Å². The van der Waals surface area contributed by atoms with Gasteiger partial charge in [0.2, 0.25) is 0 Å². The van der Waals surface area contributed by atoms with Crippen LogP contribution in [-0.4, -0.2) is 0 Å². The van der Waals surface area contributed by atoms with Gasteiger partial charge >= 0.3 is 0 Å². The molecule has 0 saturated heterocycles. The van der Waals surface area contributed by atoms with Crippen LogP contribution in [-0.2, 0) is 0 Å². The first-order chi connectivity index (χ1) is 6.29. The lowest BCUT2D eigenvalue weighted by Crippen LogP contribution is -1.69. The van der Waals surface area contributed by atoms with Gasteiger partial charge < -0.3 is 0 Å². The van der Waals surface area contributed by atoms with Crippen molar-refractivity contribution >= 4 is 0 Å². The minimum Gasteiger partial charge on any atom is -0.0877 e. The van der Waals surface area contributed by atoms with Crippen LogP contribution in [0.4, 0.5) is 0 Å². The van der Waals surface area contributed by atoms with Crippen molar-refractivity contribution in [3.8, 4) is 23.7 Å².